The largest absolute Gasteiger partial charge is 0.494 e. The number of ether oxygens (including phenoxy) is 2. The van der Waals surface area contributed by atoms with Crippen LogP contribution in [0.15, 0.2) is 24.7 Å². The summed E-state index contributed by atoms with van der Waals surface area (Å²) in [4.78, 5) is 24.7. The summed E-state index contributed by atoms with van der Waals surface area (Å²) in [6.07, 6.45) is 6.17. The minimum atomic E-state index is -0.501. The fraction of sp³-hybridized carbons (Fsp3) is 0.409. The van der Waals surface area contributed by atoms with Crippen LogP contribution >= 0.6 is 12.4 Å². The third-order valence-corrected chi connectivity index (χ3v) is 5.78. The molecule has 1 aliphatic heterocycles. The second-order valence-corrected chi connectivity index (χ2v) is 8.05. The highest BCUT2D eigenvalue weighted by molar-refractivity contribution is 6.08. The van der Waals surface area contributed by atoms with E-state index in [0.29, 0.717) is 46.1 Å². The molecule has 1 amide bonds. The zero-order chi connectivity index (χ0) is 21.4. The standard InChI is InChI=1S/C22H24FN5O3.ClH/c1-30-18-6-14(17(7-16(18)23)31-10-12-2-3-12)19-21-20(27-11-26-19)15(9-25-21)22(29)28-13-4-5-24-8-13;/h6-7,9,11-13,24-25H,2-5,8,10H2,1H3,(H,28,29);1H/t13-;/m1./s1. The van der Waals surface area contributed by atoms with Crippen molar-refractivity contribution in [1.82, 2.24) is 25.6 Å². The second-order valence-electron chi connectivity index (χ2n) is 8.05. The maximum Gasteiger partial charge on any atom is 0.255 e. The Bertz CT molecular complexity index is 1130. The van der Waals surface area contributed by atoms with Gasteiger partial charge in [0.05, 0.1) is 24.8 Å². The van der Waals surface area contributed by atoms with Gasteiger partial charge in [-0.1, -0.05) is 0 Å². The normalized spacial score (nSPS) is 17.8. The van der Waals surface area contributed by atoms with Crippen LogP contribution in [0.5, 0.6) is 11.5 Å². The molecule has 1 aromatic carbocycles. The van der Waals surface area contributed by atoms with Gasteiger partial charge in [0, 0.05) is 30.4 Å². The van der Waals surface area contributed by atoms with Gasteiger partial charge >= 0.3 is 0 Å². The average Bonchev–Trinajstić information content (AvgIpc) is 3.27. The fourth-order valence-electron chi connectivity index (χ4n) is 3.85. The first kappa shape index (κ1) is 22.3. The van der Waals surface area contributed by atoms with Gasteiger partial charge in [-0.15, -0.1) is 12.4 Å². The summed E-state index contributed by atoms with van der Waals surface area (Å²) < 4.78 is 25.5. The number of methoxy groups -OCH3 is 1. The smallest absolute Gasteiger partial charge is 0.255 e. The van der Waals surface area contributed by atoms with Crippen LogP contribution in [0.2, 0.25) is 0 Å². The highest BCUT2D eigenvalue weighted by Crippen LogP contribution is 2.39. The van der Waals surface area contributed by atoms with Crippen molar-refractivity contribution in [2.24, 2.45) is 5.92 Å². The van der Waals surface area contributed by atoms with Crippen molar-refractivity contribution >= 4 is 29.3 Å². The molecule has 1 atom stereocenters. The summed E-state index contributed by atoms with van der Waals surface area (Å²) in [6, 6.07) is 3.00. The van der Waals surface area contributed by atoms with Crippen LogP contribution in [-0.2, 0) is 0 Å². The first-order valence-corrected chi connectivity index (χ1v) is 10.5. The zero-order valence-electron chi connectivity index (χ0n) is 17.6. The van der Waals surface area contributed by atoms with E-state index in [4.69, 9.17) is 9.47 Å². The molecule has 0 radical (unpaired) electrons. The van der Waals surface area contributed by atoms with Crippen molar-refractivity contribution in [2.45, 2.75) is 25.3 Å². The van der Waals surface area contributed by atoms with Crippen LogP contribution in [-0.4, -0.2) is 53.7 Å². The Morgan fingerprint density at radius 3 is 2.81 bits per heavy atom. The summed E-state index contributed by atoms with van der Waals surface area (Å²) in [5, 5.41) is 6.27. The lowest BCUT2D eigenvalue weighted by atomic mass is 10.1. The number of nitrogens with one attached hydrogen (secondary N) is 3. The van der Waals surface area contributed by atoms with Crippen LogP contribution in [0.25, 0.3) is 22.3 Å². The molecule has 10 heteroatoms. The lowest BCUT2D eigenvalue weighted by molar-refractivity contribution is 0.0941. The molecular formula is C22H25ClFN5O3. The Labute approximate surface area is 190 Å². The van der Waals surface area contributed by atoms with Gasteiger partial charge in [0.25, 0.3) is 5.91 Å². The molecule has 170 valence electrons. The first-order chi connectivity index (χ1) is 15.1. The minimum Gasteiger partial charge on any atom is -0.494 e. The van der Waals surface area contributed by atoms with Gasteiger partial charge in [-0.05, 0) is 37.8 Å². The molecule has 32 heavy (non-hydrogen) atoms. The Morgan fingerprint density at radius 1 is 1.25 bits per heavy atom. The molecule has 3 N–H and O–H groups in total. The van der Waals surface area contributed by atoms with Crippen molar-refractivity contribution in [1.29, 1.82) is 0 Å². The monoisotopic (exact) mass is 461 g/mol. The number of nitrogens with zero attached hydrogens (tertiary/aromatic N) is 2. The molecule has 2 aromatic heterocycles. The van der Waals surface area contributed by atoms with Gasteiger partial charge in [-0.2, -0.15) is 0 Å². The van der Waals surface area contributed by atoms with Crippen molar-refractivity contribution in [3.63, 3.8) is 0 Å². The van der Waals surface area contributed by atoms with Crippen LogP contribution in [0.1, 0.15) is 29.6 Å². The number of hydrogen-bond donors (Lipinski definition) is 3. The van der Waals surface area contributed by atoms with E-state index >= 15 is 0 Å². The van der Waals surface area contributed by atoms with Crippen LogP contribution in [0.4, 0.5) is 4.39 Å². The zero-order valence-corrected chi connectivity index (χ0v) is 18.4. The molecule has 1 saturated carbocycles. The van der Waals surface area contributed by atoms with E-state index in [-0.39, 0.29) is 30.1 Å². The molecule has 3 aromatic rings. The van der Waals surface area contributed by atoms with E-state index in [9.17, 15) is 9.18 Å². The van der Waals surface area contributed by atoms with E-state index in [2.05, 4.69) is 25.6 Å². The van der Waals surface area contributed by atoms with E-state index in [1.54, 1.807) is 12.3 Å². The molecule has 0 spiro atoms. The van der Waals surface area contributed by atoms with E-state index in [1.807, 2.05) is 0 Å². The fourth-order valence-corrected chi connectivity index (χ4v) is 3.85. The van der Waals surface area contributed by atoms with Gasteiger partial charge in [0.1, 0.15) is 23.3 Å². The number of carbonyl (C=O) groups excluding carboxylic acids is 1. The number of hydrogen-bond acceptors (Lipinski definition) is 6. The highest BCUT2D eigenvalue weighted by atomic mass is 35.5. The summed E-state index contributed by atoms with van der Waals surface area (Å²) in [7, 11) is 1.41. The number of halogens is 2. The maximum atomic E-state index is 14.4. The van der Waals surface area contributed by atoms with Gasteiger partial charge in [-0.25, -0.2) is 14.4 Å². The van der Waals surface area contributed by atoms with E-state index in [1.165, 1.54) is 19.5 Å². The third-order valence-electron chi connectivity index (χ3n) is 5.78. The lowest BCUT2D eigenvalue weighted by Gasteiger charge is -2.14. The average molecular weight is 462 g/mol. The molecule has 0 unspecified atom stereocenters. The number of H-pyrrole nitrogens is 1. The van der Waals surface area contributed by atoms with Crippen LogP contribution in [0.3, 0.4) is 0 Å². The summed E-state index contributed by atoms with van der Waals surface area (Å²) in [6.45, 7) is 2.17. The minimum absolute atomic E-state index is 0. The number of amides is 1. The number of benzene rings is 1. The van der Waals surface area contributed by atoms with Crippen molar-refractivity contribution in [2.75, 3.05) is 26.8 Å². The number of rotatable bonds is 7. The van der Waals surface area contributed by atoms with Crippen molar-refractivity contribution in [3.05, 3.63) is 36.0 Å². The number of aromatic amines is 1. The molecule has 1 saturated heterocycles. The molecule has 0 bridgehead atoms. The summed E-state index contributed by atoms with van der Waals surface area (Å²) >= 11 is 0. The van der Waals surface area contributed by atoms with Gasteiger partial charge in [0.15, 0.2) is 11.6 Å². The molecule has 2 aliphatic rings. The van der Waals surface area contributed by atoms with Crippen LogP contribution in [0, 0.1) is 11.7 Å². The number of aromatic nitrogens is 3. The maximum absolute atomic E-state index is 14.4. The predicted octanol–water partition coefficient (Wildman–Crippen LogP) is 3.07. The Kier molecular flexibility index (Phi) is 6.48. The number of fused-ring (bicyclic) bond motifs is 1. The highest BCUT2D eigenvalue weighted by Gasteiger charge is 2.25. The van der Waals surface area contributed by atoms with Crippen LogP contribution < -0.4 is 20.1 Å². The van der Waals surface area contributed by atoms with E-state index in [0.717, 1.165) is 32.4 Å². The lowest BCUT2D eigenvalue weighted by Crippen LogP contribution is -2.36. The Morgan fingerprint density at radius 2 is 2.09 bits per heavy atom. The topological polar surface area (TPSA) is 101 Å². The summed E-state index contributed by atoms with van der Waals surface area (Å²) in [5.41, 5.74) is 2.64. The Balaban J connectivity index is 0.00000245. The second kappa shape index (κ2) is 9.30. The van der Waals surface area contributed by atoms with Gasteiger partial charge in [0.2, 0.25) is 0 Å². The molecule has 2 fully saturated rings. The van der Waals surface area contributed by atoms with Gasteiger partial charge < -0.3 is 25.1 Å². The first-order valence-electron chi connectivity index (χ1n) is 10.5. The third kappa shape index (κ3) is 4.35. The van der Waals surface area contributed by atoms with Gasteiger partial charge in [-0.3, -0.25) is 4.79 Å². The SMILES string of the molecule is COc1cc(-c2ncnc3c(C(=O)N[C@@H]4CCNC4)c[nH]c23)c(OCC2CC2)cc1F.Cl. The predicted molar refractivity (Wildman–Crippen MR) is 120 cm³/mol. The van der Waals surface area contributed by atoms with Crippen molar-refractivity contribution in [3.8, 4) is 22.8 Å². The molecular weight excluding hydrogens is 437 g/mol. The molecule has 8 nitrogen and oxygen atoms in total. The molecule has 1 aliphatic carbocycles. The summed E-state index contributed by atoms with van der Waals surface area (Å²) in [5.74, 6) is 0.307. The number of carbonyl (C=O) groups is 1. The van der Waals surface area contributed by atoms with E-state index < -0.39 is 5.82 Å². The quantitative estimate of drug-likeness (QED) is 0.500. The molecule has 3 heterocycles. The molecule has 5 rings (SSSR count). The van der Waals surface area contributed by atoms with Crippen molar-refractivity contribution < 1.29 is 18.7 Å². The Hall–Kier alpha value is -2.91.